The smallest absolute Gasteiger partial charge is 0.309 e. The van der Waals surface area contributed by atoms with Crippen molar-refractivity contribution in [2.75, 3.05) is 13.7 Å². The fraction of sp³-hybridized carbons (Fsp3) is 0.889. The zero-order valence-electron chi connectivity index (χ0n) is 37.0. The molecule has 5 aliphatic heterocycles. The number of ether oxygens (including phenoxy) is 6. The van der Waals surface area contributed by atoms with Crippen molar-refractivity contribution in [3.8, 4) is 0 Å². The van der Waals surface area contributed by atoms with Crippen molar-refractivity contribution >= 4 is 17.7 Å². The molecule has 0 aromatic carbocycles. The van der Waals surface area contributed by atoms with Crippen molar-refractivity contribution in [2.24, 2.45) is 41.4 Å². The summed E-state index contributed by atoms with van der Waals surface area (Å²) in [6.45, 7) is 19.5. The Balaban J connectivity index is 1.38. The minimum atomic E-state index is -1.33. The van der Waals surface area contributed by atoms with Crippen LogP contribution in [0.1, 0.15) is 133 Å². The van der Waals surface area contributed by atoms with Crippen molar-refractivity contribution in [2.45, 2.75) is 199 Å². The van der Waals surface area contributed by atoms with Crippen LogP contribution in [0, 0.1) is 41.4 Å². The molecule has 4 fully saturated rings. The summed E-state index contributed by atoms with van der Waals surface area (Å²) in [4.78, 5) is 39.6. The second-order valence-electron chi connectivity index (χ2n) is 18.9. The van der Waals surface area contributed by atoms with Crippen LogP contribution in [-0.2, 0) is 42.8 Å². The number of carboxylic acid groups (broad SMARTS) is 1. The number of aliphatic carboxylic acids is 1. The van der Waals surface area contributed by atoms with Gasteiger partial charge in [-0.25, -0.2) is 0 Å². The number of ketones is 1. The van der Waals surface area contributed by atoms with Crippen LogP contribution >= 0.6 is 0 Å². The highest BCUT2D eigenvalue weighted by molar-refractivity contribution is 5.84. The molecule has 0 aliphatic carbocycles. The first-order chi connectivity index (χ1) is 27.2. The number of carbonyl (C=O) groups excluding carboxylic acids is 2. The van der Waals surface area contributed by atoms with Gasteiger partial charge in [-0.05, 0) is 89.5 Å². The van der Waals surface area contributed by atoms with Gasteiger partial charge in [-0.3, -0.25) is 14.4 Å². The van der Waals surface area contributed by atoms with E-state index in [2.05, 4.69) is 26.1 Å². The average molecular weight is 822 g/mol. The highest BCUT2D eigenvalue weighted by atomic mass is 16.8. The van der Waals surface area contributed by atoms with Crippen molar-refractivity contribution in [3.63, 3.8) is 0 Å². The predicted octanol–water partition coefficient (Wildman–Crippen LogP) is 5.96. The lowest BCUT2D eigenvalue weighted by Gasteiger charge is -2.55. The fourth-order valence-electron chi connectivity index (χ4n) is 11.0. The number of hydrogen-bond donors (Lipinski definition) is 4. The van der Waals surface area contributed by atoms with Gasteiger partial charge >= 0.3 is 5.97 Å². The third-order valence-corrected chi connectivity index (χ3v) is 15.1. The van der Waals surface area contributed by atoms with E-state index in [9.17, 15) is 29.7 Å². The number of carbonyl (C=O) groups is 3. The molecule has 0 aromatic rings. The van der Waals surface area contributed by atoms with Gasteiger partial charge in [-0.15, -0.1) is 0 Å². The lowest BCUT2D eigenvalue weighted by molar-refractivity contribution is -0.398. The Morgan fingerprint density at radius 1 is 0.914 bits per heavy atom. The first-order valence-electron chi connectivity index (χ1n) is 22.3. The van der Waals surface area contributed by atoms with Crippen LogP contribution in [0.3, 0.4) is 0 Å². The highest BCUT2D eigenvalue weighted by Gasteiger charge is 2.63. The summed E-state index contributed by atoms with van der Waals surface area (Å²) in [5.41, 5.74) is -1.70. The summed E-state index contributed by atoms with van der Waals surface area (Å²) in [5, 5.41) is 35.9. The van der Waals surface area contributed by atoms with E-state index in [4.69, 9.17) is 28.4 Å². The molecule has 4 N–H and O–H groups in total. The maximum absolute atomic E-state index is 14.6. The van der Waals surface area contributed by atoms with E-state index in [-0.39, 0.29) is 48.3 Å². The molecule has 0 saturated carbocycles. The molecular weight excluding hydrogens is 746 g/mol. The SMILES string of the molecule is CCC(C(=O)[C@@H](C)[C@@H](O)[C@H](C)[C@@H]1O[C@@H]([C@@H](CC)C(=O)O)CC[C@@H]1C)[C@H]1O[C@]2(C=C[C@@H](NC(=O)COC)[C@]3(CC[C@@](C)([C@H]4CC[C@](O)(CC)[C@H](C)O4)O3)O2)[C@H](C)C[C@@H]1C. The number of aliphatic hydroxyl groups is 2. The Bertz CT molecular complexity index is 1480. The number of hydrogen-bond acceptors (Lipinski definition) is 11. The van der Waals surface area contributed by atoms with E-state index in [0.29, 0.717) is 57.8 Å². The maximum atomic E-state index is 14.6. The molecule has 1 amide bonds. The van der Waals surface area contributed by atoms with Crippen LogP contribution in [0.4, 0.5) is 0 Å². The van der Waals surface area contributed by atoms with Crippen LogP contribution in [0.25, 0.3) is 0 Å². The summed E-state index contributed by atoms with van der Waals surface area (Å²) in [6, 6.07) is -0.669. The molecule has 18 atom stereocenters. The number of methoxy groups -OCH3 is 1. The lowest BCUT2D eigenvalue weighted by Crippen LogP contribution is -2.66. The second-order valence-corrected chi connectivity index (χ2v) is 18.9. The van der Waals surface area contributed by atoms with Gasteiger partial charge in [-0.2, -0.15) is 0 Å². The minimum absolute atomic E-state index is 0.0166. The van der Waals surface area contributed by atoms with E-state index >= 15 is 0 Å². The Morgan fingerprint density at radius 2 is 1.60 bits per heavy atom. The van der Waals surface area contributed by atoms with Gasteiger partial charge in [0.05, 0.1) is 53.7 Å². The van der Waals surface area contributed by atoms with E-state index < -0.39 is 82.9 Å². The molecule has 4 saturated heterocycles. The van der Waals surface area contributed by atoms with Crippen molar-refractivity contribution in [1.82, 2.24) is 5.32 Å². The molecule has 0 aromatic heterocycles. The summed E-state index contributed by atoms with van der Waals surface area (Å²) in [6.07, 6.45) is 6.51. The number of Topliss-reactive ketones (excluding diaryl/α,β-unsaturated/α-hetero) is 1. The quantitative estimate of drug-likeness (QED) is 0.143. The lowest BCUT2D eigenvalue weighted by atomic mass is 9.72. The highest BCUT2D eigenvalue weighted by Crippen LogP contribution is 2.54. The van der Waals surface area contributed by atoms with Crippen molar-refractivity contribution < 1.29 is 58.1 Å². The fourth-order valence-corrected chi connectivity index (χ4v) is 11.0. The van der Waals surface area contributed by atoms with Gasteiger partial charge in [0.25, 0.3) is 0 Å². The Hall–Kier alpha value is -1.97. The Labute approximate surface area is 346 Å². The van der Waals surface area contributed by atoms with Crippen molar-refractivity contribution in [1.29, 1.82) is 0 Å². The van der Waals surface area contributed by atoms with Crippen LogP contribution in [0.5, 0.6) is 0 Å². The summed E-state index contributed by atoms with van der Waals surface area (Å²) in [7, 11) is 1.47. The van der Waals surface area contributed by atoms with E-state index in [1.165, 1.54) is 7.11 Å². The maximum Gasteiger partial charge on any atom is 0.309 e. The topological polar surface area (TPSA) is 179 Å². The van der Waals surface area contributed by atoms with Crippen LogP contribution in [0.2, 0.25) is 0 Å². The standard InChI is InChI=1S/C45H75NO12/c1-12-31(41(50)51)33-16-15-25(4)39(55-33)29(8)37(48)28(7)38(49)32(13-2)40-26(5)23-27(6)44(56-40)20-17-34(46-36(47)24-53-11)45(58-44)22-21-42(10,57-45)35-18-19-43(52,14-3)30(9)54-35/h17,20,25-35,37,39-40,48,52H,12-16,18-19,21-24H2,1-11H3,(H,46,47)(H,50,51)/t25-,26-,27+,28-,29-,30-,31+,32?,33+,34+,35+,37+,39+,40-,42-,43+,44-,45-/m0/s1. The van der Waals surface area contributed by atoms with E-state index in [0.717, 1.165) is 6.42 Å². The normalized spacial score (nSPS) is 43.1. The van der Waals surface area contributed by atoms with Gasteiger partial charge in [0.15, 0.2) is 11.6 Å². The predicted molar refractivity (Wildman–Crippen MR) is 216 cm³/mol. The zero-order valence-corrected chi connectivity index (χ0v) is 37.0. The number of rotatable bonds is 15. The van der Waals surface area contributed by atoms with Crippen LogP contribution in [0.15, 0.2) is 12.2 Å². The molecule has 58 heavy (non-hydrogen) atoms. The first-order valence-corrected chi connectivity index (χ1v) is 22.3. The molecule has 5 aliphatic rings. The van der Waals surface area contributed by atoms with Crippen LogP contribution < -0.4 is 5.32 Å². The van der Waals surface area contributed by atoms with Gasteiger partial charge in [-0.1, -0.05) is 61.5 Å². The number of aliphatic hydroxyl groups excluding tert-OH is 1. The molecule has 332 valence electrons. The monoisotopic (exact) mass is 822 g/mol. The van der Waals surface area contributed by atoms with Crippen molar-refractivity contribution in [3.05, 3.63) is 12.2 Å². The summed E-state index contributed by atoms with van der Waals surface area (Å²) >= 11 is 0. The number of amides is 1. The molecule has 1 unspecified atom stereocenters. The Kier molecular flexibility index (Phi) is 15.1. The zero-order chi connectivity index (χ0) is 43.0. The molecule has 5 heterocycles. The van der Waals surface area contributed by atoms with Gasteiger partial charge < -0.3 is 49.1 Å². The molecular formula is C45H75NO12. The van der Waals surface area contributed by atoms with E-state index in [1.54, 1.807) is 6.92 Å². The third-order valence-electron chi connectivity index (χ3n) is 15.1. The second kappa shape index (κ2) is 18.6. The molecule has 0 radical (unpaired) electrons. The van der Waals surface area contributed by atoms with E-state index in [1.807, 2.05) is 53.7 Å². The van der Waals surface area contributed by atoms with Crippen LogP contribution in [-0.4, -0.2) is 112 Å². The minimum Gasteiger partial charge on any atom is -0.481 e. The molecule has 13 heteroatoms. The molecule has 0 bridgehead atoms. The molecule has 5 rings (SSSR count). The Morgan fingerprint density at radius 3 is 2.21 bits per heavy atom. The summed E-state index contributed by atoms with van der Waals surface area (Å²) in [5.74, 6) is -6.28. The largest absolute Gasteiger partial charge is 0.481 e. The average Bonchev–Trinajstić information content (AvgIpc) is 3.52. The third kappa shape index (κ3) is 9.13. The first kappa shape index (κ1) is 47.1. The van der Waals surface area contributed by atoms with Gasteiger partial charge in [0.1, 0.15) is 18.4 Å². The number of nitrogens with one attached hydrogen (secondary N) is 1. The number of carboxylic acids is 1. The summed E-state index contributed by atoms with van der Waals surface area (Å²) < 4.78 is 39.4. The van der Waals surface area contributed by atoms with Gasteiger partial charge in [0.2, 0.25) is 5.91 Å². The van der Waals surface area contributed by atoms with Gasteiger partial charge in [0, 0.05) is 37.2 Å². The molecule has 13 nitrogen and oxygen atoms in total. The molecule has 2 spiro atoms.